The molecule has 248 valence electrons. The Labute approximate surface area is 319 Å². The van der Waals surface area contributed by atoms with Crippen LogP contribution in [0.3, 0.4) is 0 Å². The number of halogens is 2. The van der Waals surface area contributed by atoms with Crippen molar-refractivity contribution in [3.63, 3.8) is 0 Å². The largest absolute Gasteiger partial charge is 0.309 e. The van der Waals surface area contributed by atoms with E-state index in [1.165, 1.54) is 77.2 Å². The van der Waals surface area contributed by atoms with Gasteiger partial charge < -0.3 is 9.13 Å². The lowest BCUT2D eigenvalue weighted by molar-refractivity contribution is 1.18. The van der Waals surface area contributed by atoms with Crippen LogP contribution in [0.15, 0.2) is 203 Å². The van der Waals surface area contributed by atoms with Crippen molar-refractivity contribution in [2.75, 3.05) is 0 Å². The van der Waals surface area contributed by atoms with Gasteiger partial charge in [-0.25, -0.2) is 0 Å². The van der Waals surface area contributed by atoms with Crippen LogP contribution < -0.4 is 0 Å². The lowest BCUT2D eigenvalue weighted by atomic mass is 10.0. The van der Waals surface area contributed by atoms with E-state index >= 15 is 0 Å². The lowest BCUT2D eigenvalue weighted by Crippen LogP contribution is -1.92. The summed E-state index contributed by atoms with van der Waals surface area (Å²) < 4.78 is 6.89. The van der Waals surface area contributed by atoms with Crippen LogP contribution in [0.2, 0.25) is 0 Å². The highest BCUT2D eigenvalue weighted by atomic mass is 79.9. The Kier molecular flexibility index (Phi) is 8.56. The molecule has 0 aliphatic heterocycles. The molecule has 0 bridgehead atoms. The van der Waals surface area contributed by atoms with Crippen LogP contribution in [0.25, 0.3) is 77.2 Å². The van der Waals surface area contributed by atoms with Gasteiger partial charge in [-0.2, -0.15) is 0 Å². The first-order valence-electron chi connectivity index (χ1n) is 17.3. The van der Waals surface area contributed by atoms with Crippen molar-refractivity contribution < 1.29 is 0 Å². The van der Waals surface area contributed by atoms with E-state index in [1.54, 1.807) is 0 Å². The molecule has 2 aromatic heterocycles. The summed E-state index contributed by atoms with van der Waals surface area (Å²) in [5, 5.41) is 5.13. The van der Waals surface area contributed by atoms with Gasteiger partial charge in [0.05, 0.1) is 22.1 Å². The Morgan fingerprint density at radius 3 is 1.00 bits per heavy atom. The highest BCUT2D eigenvalue weighted by molar-refractivity contribution is 9.10. The molecule has 52 heavy (non-hydrogen) atoms. The second-order valence-corrected chi connectivity index (χ2v) is 14.7. The molecule has 2 heterocycles. The van der Waals surface area contributed by atoms with Crippen molar-refractivity contribution in [2.45, 2.75) is 0 Å². The van der Waals surface area contributed by atoms with Crippen LogP contribution in [0, 0.1) is 0 Å². The third-order valence-electron chi connectivity index (χ3n) is 9.73. The second kappa shape index (κ2) is 13.8. The van der Waals surface area contributed by atoms with Gasteiger partial charge in [-0.3, -0.25) is 0 Å². The minimum atomic E-state index is 1.10. The van der Waals surface area contributed by atoms with E-state index in [-0.39, 0.29) is 0 Å². The summed E-state index contributed by atoms with van der Waals surface area (Å²) in [7, 11) is 0. The summed E-state index contributed by atoms with van der Waals surface area (Å²) in [6, 6.07) is 68.9. The Bertz CT molecular complexity index is 2630. The van der Waals surface area contributed by atoms with E-state index in [9.17, 15) is 0 Å². The van der Waals surface area contributed by atoms with Gasteiger partial charge in [0.2, 0.25) is 0 Å². The molecule has 0 saturated carbocycles. The third kappa shape index (κ3) is 5.94. The Hall–Kier alpha value is -5.68. The molecule has 0 aliphatic carbocycles. The third-order valence-corrected chi connectivity index (χ3v) is 10.8. The summed E-state index contributed by atoms with van der Waals surface area (Å²) in [6.45, 7) is 0. The predicted octanol–water partition coefficient (Wildman–Crippen LogP) is 14.4. The highest BCUT2D eigenvalue weighted by Crippen LogP contribution is 2.36. The average molecular weight is 797 g/mol. The molecule has 4 heteroatoms. The molecule has 0 amide bonds. The van der Waals surface area contributed by atoms with Crippen molar-refractivity contribution in [3.05, 3.63) is 203 Å². The maximum atomic E-state index is 3.52. The summed E-state index contributed by atoms with van der Waals surface area (Å²) in [4.78, 5) is 0. The zero-order valence-corrected chi connectivity index (χ0v) is 31.3. The monoisotopic (exact) mass is 794 g/mol. The Morgan fingerprint density at radius 2 is 0.596 bits per heavy atom. The minimum absolute atomic E-state index is 1.10. The summed E-state index contributed by atoms with van der Waals surface area (Å²) in [5.74, 6) is 0. The van der Waals surface area contributed by atoms with Gasteiger partial charge in [0.1, 0.15) is 0 Å². The minimum Gasteiger partial charge on any atom is -0.309 e. The average Bonchev–Trinajstić information content (AvgIpc) is 3.72. The molecule has 8 aromatic carbocycles. The number of para-hydroxylation sites is 4. The maximum Gasteiger partial charge on any atom is 0.0541 e. The van der Waals surface area contributed by atoms with E-state index in [2.05, 4.69) is 235 Å². The molecule has 10 aromatic rings. The van der Waals surface area contributed by atoms with Gasteiger partial charge in [-0.1, -0.05) is 141 Å². The molecule has 0 unspecified atom stereocenters. The van der Waals surface area contributed by atoms with E-state index in [1.807, 2.05) is 0 Å². The number of nitrogens with zero attached hydrogens (tertiary/aromatic N) is 2. The fourth-order valence-electron chi connectivity index (χ4n) is 7.30. The molecule has 0 radical (unpaired) electrons. The normalized spacial score (nSPS) is 11.3. The van der Waals surface area contributed by atoms with Crippen molar-refractivity contribution in [1.82, 2.24) is 9.13 Å². The van der Waals surface area contributed by atoms with Crippen molar-refractivity contribution >= 4 is 75.5 Å². The van der Waals surface area contributed by atoms with Crippen molar-refractivity contribution in [2.24, 2.45) is 0 Å². The van der Waals surface area contributed by atoms with Crippen molar-refractivity contribution in [3.8, 4) is 33.6 Å². The van der Waals surface area contributed by atoms with Gasteiger partial charge in [0.15, 0.2) is 0 Å². The molecular weight excluding hydrogens is 764 g/mol. The van der Waals surface area contributed by atoms with E-state index in [0.29, 0.717) is 0 Å². The first-order chi connectivity index (χ1) is 25.6. The quantitative estimate of drug-likeness (QED) is 0.168. The topological polar surface area (TPSA) is 9.86 Å². The number of rotatable bonds is 4. The van der Waals surface area contributed by atoms with Crippen molar-refractivity contribution in [1.29, 1.82) is 0 Å². The molecule has 0 saturated heterocycles. The van der Waals surface area contributed by atoms with Crippen LogP contribution in [0.5, 0.6) is 0 Å². The molecule has 0 atom stereocenters. The van der Waals surface area contributed by atoms with Gasteiger partial charge in [-0.15, -0.1) is 0 Å². The standard InChI is InChI=1S/2C24H16BrN/c2*25-19-13-10-17(11-14-19)18-12-15-24-22(16-18)21-8-4-5-9-23(21)26(24)20-6-2-1-3-7-20/h2*1-16H. The summed E-state index contributed by atoms with van der Waals surface area (Å²) >= 11 is 7.03. The zero-order chi connectivity index (χ0) is 35.0. The molecule has 0 fully saturated rings. The smallest absolute Gasteiger partial charge is 0.0541 e. The first kappa shape index (κ1) is 32.2. The van der Waals surface area contributed by atoms with Gasteiger partial charge in [0, 0.05) is 41.9 Å². The first-order valence-corrected chi connectivity index (χ1v) is 18.9. The molecular formula is C48H32Br2N2. The predicted molar refractivity (Wildman–Crippen MR) is 228 cm³/mol. The Balaban J connectivity index is 0.000000138. The molecule has 0 aliphatic rings. The molecule has 0 spiro atoms. The molecule has 0 N–H and O–H groups in total. The number of hydrogen-bond acceptors (Lipinski definition) is 0. The maximum absolute atomic E-state index is 3.52. The summed E-state index contributed by atoms with van der Waals surface area (Å²) in [5.41, 5.74) is 12.3. The van der Waals surface area contributed by atoms with Crippen LogP contribution in [0.4, 0.5) is 0 Å². The zero-order valence-electron chi connectivity index (χ0n) is 28.1. The molecule has 2 nitrogen and oxygen atoms in total. The van der Waals surface area contributed by atoms with Gasteiger partial charge in [0.25, 0.3) is 0 Å². The van der Waals surface area contributed by atoms with E-state index in [4.69, 9.17) is 0 Å². The summed E-state index contributed by atoms with van der Waals surface area (Å²) in [6.07, 6.45) is 0. The van der Waals surface area contributed by atoms with E-state index < -0.39 is 0 Å². The van der Waals surface area contributed by atoms with Crippen LogP contribution >= 0.6 is 31.9 Å². The van der Waals surface area contributed by atoms with Crippen LogP contribution in [0.1, 0.15) is 0 Å². The van der Waals surface area contributed by atoms with Gasteiger partial charge in [-0.05, 0) is 107 Å². The fourth-order valence-corrected chi connectivity index (χ4v) is 7.83. The van der Waals surface area contributed by atoms with Crippen LogP contribution in [-0.4, -0.2) is 9.13 Å². The SMILES string of the molecule is Brc1ccc(-c2ccc3c(c2)c2ccccc2n3-c2ccccc2)cc1.Brc1ccc(-c2ccc3c(c2)c2ccccc2n3-c2ccccc2)cc1. The van der Waals surface area contributed by atoms with Crippen LogP contribution in [-0.2, 0) is 0 Å². The second-order valence-electron chi connectivity index (χ2n) is 12.9. The highest BCUT2D eigenvalue weighted by Gasteiger charge is 2.14. The van der Waals surface area contributed by atoms with Gasteiger partial charge >= 0.3 is 0 Å². The Morgan fingerprint density at radius 1 is 0.269 bits per heavy atom. The van der Waals surface area contributed by atoms with E-state index in [0.717, 1.165) is 8.95 Å². The fraction of sp³-hybridized carbons (Fsp3) is 0. The number of aromatic nitrogens is 2. The number of fused-ring (bicyclic) bond motifs is 6. The lowest BCUT2D eigenvalue weighted by Gasteiger charge is -2.08. The molecule has 10 rings (SSSR count). The number of hydrogen-bond donors (Lipinski definition) is 0. The number of benzene rings is 8.